The number of carbonyl (C=O) groups excluding carboxylic acids is 7. The Morgan fingerprint density at radius 3 is 1.42 bits per heavy atom. The molecule has 0 bridgehead atoms. The van der Waals surface area contributed by atoms with E-state index in [1.807, 2.05) is 38.7 Å². The summed E-state index contributed by atoms with van der Waals surface area (Å²) in [5.41, 5.74) is 8.19. The van der Waals surface area contributed by atoms with Crippen LogP contribution >= 0.6 is 0 Å². The minimum absolute atomic E-state index is 0.105. The van der Waals surface area contributed by atoms with Gasteiger partial charge in [-0.25, -0.2) is 0 Å². The zero-order valence-electron chi connectivity index (χ0n) is 54.2. The molecule has 2 aromatic carbocycles. The van der Waals surface area contributed by atoms with Crippen LogP contribution < -0.4 is 42.5 Å². The van der Waals surface area contributed by atoms with Crippen LogP contribution in [0.4, 0.5) is 11.4 Å². The summed E-state index contributed by atoms with van der Waals surface area (Å²) in [6, 6.07) is -0.0161. The van der Waals surface area contributed by atoms with E-state index in [4.69, 9.17) is 10.8 Å². The lowest BCUT2D eigenvalue weighted by Crippen LogP contribution is -2.59. The fraction of sp³-hybridized carbons (Fsp3) is 0.508. The van der Waals surface area contributed by atoms with E-state index in [2.05, 4.69) is 36.9 Å². The van der Waals surface area contributed by atoms with Crippen molar-refractivity contribution in [1.29, 1.82) is 0 Å². The van der Waals surface area contributed by atoms with Gasteiger partial charge in [-0.3, -0.25) is 71.6 Å². The number of unbranched alkanes of at least 4 members (excludes halogenated alkanes) is 3. The monoisotopic (exact) mass is 1400 g/mol. The number of rotatable bonds is 42. The number of carboxylic acids is 5. The minimum Gasteiger partial charge on any atom is -0.481 e. The van der Waals surface area contributed by atoms with Gasteiger partial charge in [0.05, 0.1) is 21.2 Å². The average molecular weight is 1400 g/mol. The van der Waals surface area contributed by atoms with Crippen LogP contribution in [-0.2, 0) is 88.6 Å². The van der Waals surface area contributed by atoms with Crippen LogP contribution in [0, 0.1) is 5.92 Å². The topological polar surface area (TPSA) is 529 Å². The second-order valence-electron chi connectivity index (χ2n) is 24.4. The van der Waals surface area contributed by atoms with Crippen molar-refractivity contribution in [3.8, 4) is 0 Å². The molecule has 15 N–H and O–H groups in total. The highest BCUT2D eigenvalue weighted by molar-refractivity contribution is 7.86. The molecule has 7 amide bonds. The summed E-state index contributed by atoms with van der Waals surface area (Å²) in [6.45, 7) is 9.51. The van der Waals surface area contributed by atoms with Crippen molar-refractivity contribution in [2.45, 2.75) is 195 Å². The van der Waals surface area contributed by atoms with E-state index in [9.17, 15) is 104 Å². The number of nitrogens with zero attached hydrogens (tertiary/aromatic N) is 2. The van der Waals surface area contributed by atoms with Crippen LogP contribution in [0.1, 0.15) is 155 Å². The van der Waals surface area contributed by atoms with Gasteiger partial charge in [0.15, 0.2) is 0 Å². The molecule has 0 saturated carbocycles. The van der Waals surface area contributed by atoms with Gasteiger partial charge in [0, 0.05) is 79.7 Å². The van der Waals surface area contributed by atoms with Gasteiger partial charge < -0.3 is 68.1 Å². The maximum Gasteiger partial charge on any atom is 0.303 e. The molecule has 0 spiro atoms. The summed E-state index contributed by atoms with van der Waals surface area (Å²) in [4.78, 5) is 157. The van der Waals surface area contributed by atoms with Gasteiger partial charge in [-0.2, -0.15) is 16.8 Å². The Bertz CT molecular complexity index is 3680. The SMILES string of the molecule is C[C@H](CCC(=O)O)C(=O)N[C@H](CCC(=O)O)C(=O)N[C@H](CCC(=O)O)C(=O)N[C@H](CCC(=O)O)C(=O)N[C@H](CCC(=O)O)C(=O)N[C@H](CCCCNC(=O)CCCCCN1/C(=C/C=C/C=C/C2=Nc3ccc(S(=O)(=O)O)cc3C2(C)C)C(C)(C)c2cc(S(=O)(=O)O)ccc21)C(N)=O. The van der Waals surface area contributed by atoms with Crippen molar-refractivity contribution < 1.29 is 109 Å². The van der Waals surface area contributed by atoms with Crippen molar-refractivity contribution in [1.82, 2.24) is 31.9 Å². The summed E-state index contributed by atoms with van der Waals surface area (Å²) >= 11 is 0. The second-order valence-corrected chi connectivity index (χ2v) is 27.3. The molecule has 0 saturated heterocycles. The lowest BCUT2D eigenvalue weighted by atomic mass is 9.81. The number of carboxylic acid groups (broad SMARTS) is 5. The Hall–Kier alpha value is -9.41. The number of hydrogen-bond donors (Lipinski definition) is 14. The molecule has 2 aliphatic heterocycles. The number of nitrogens with two attached hydrogens (primary N) is 1. The molecule has 532 valence electrons. The number of anilines is 1. The molecule has 97 heavy (non-hydrogen) atoms. The molecular formula is C63H85N9O23S2. The first-order valence-corrected chi connectivity index (χ1v) is 34.0. The third-order valence-electron chi connectivity index (χ3n) is 16.3. The number of hydrogen-bond acceptors (Lipinski definition) is 18. The molecule has 34 heteroatoms. The fourth-order valence-electron chi connectivity index (χ4n) is 10.7. The molecule has 0 radical (unpaired) electrons. The standard InChI is InChI=1S/C63H85N9O23S2/c1-36(18-27-51(74)75)57(85)68-43(22-28-52(76)77)59(87)70-45(24-30-54(80)81)61(89)71-46(25-31-55(82)83)60(88)69-44(23-29-53(78)79)58(86)67-42(56(64)84)14-11-12-32-65-50(73)17-10-7-13-33-72-47-26-20-38(97(93,94)95)35-40(47)63(4,5)49(72)16-9-6-8-15-48-62(2,3)39-34-37(96(90,91)92)19-21-41(39)66-48/h6,8-9,15-16,19-21,26,34-36,42-46H,7,10-14,17-18,22-25,27-33H2,1-5H3,(H2,64,84)(H,65,73)(H,67,86)(H,68,85)(H,69,88)(H,70,87)(H,71,89)(H,74,75)(H,76,77)(H,78,79)(H,80,81)(H,82,83)(H,90,91,92)(H,93,94,95)/b9-6+,15-8+,49-16+/t36-,42-,43-,44-,45-,46-/m1/s1. The van der Waals surface area contributed by atoms with Crippen LogP contribution in [0.25, 0.3) is 0 Å². The Balaban J connectivity index is 1.36. The zero-order chi connectivity index (χ0) is 72.8. The van der Waals surface area contributed by atoms with E-state index >= 15 is 0 Å². The van der Waals surface area contributed by atoms with E-state index in [-0.39, 0.29) is 54.3 Å². The largest absolute Gasteiger partial charge is 0.481 e. The van der Waals surface area contributed by atoms with Crippen molar-refractivity contribution >= 4 is 109 Å². The van der Waals surface area contributed by atoms with Crippen molar-refractivity contribution in [3.63, 3.8) is 0 Å². The predicted molar refractivity (Wildman–Crippen MR) is 347 cm³/mol. The quantitative estimate of drug-likeness (QED) is 0.0258. The molecular weight excluding hydrogens is 1310 g/mol. The molecule has 0 unspecified atom stereocenters. The number of amides is 7. The molecule has 2 aliphatic rings. The highest BCUT2D eigenvalue weighted by atomic mass is 32.2. The molecule has 4 rings (SSSR count). The Morgan fingerprint density at radius 2 is 0.959 bits per heavy atom. The number of aliphatic imine (C=N–C) groups is 1. The van der Waals surface area contributed by atoms with Crippen molar-refractivity contribution in [3.05, 3.63) is 83.6 Å². The summed E-state index contributed by atoms with van der Waals surface area (Å²) in [6.07, 6.45) is 4.93. The number of fused-ring (bicyclic) bond motifs is 2. The Kier molecular flexibility index (Phi) is 29.8. The van der Waals surface area contributed by atoms with Crippen molar-refractivity contribution in [2.75, 3.05) is 18.0 Å². The highest BCUT2D eigenvalue weighted by Gasteiger charge is 2.41. The number of benzene rings is 2. The van der Waals surface area contributed by atoms with Gasteiger partial charge in [-0.15, -0.1) is 0 Å². The molecule has 0 aliphatic carbocycles. The van der Waals surface area contributed by atoms with Crippen LogP contribution in [-0.4, -0.2) is 172 Å². The molecule has 6 atom stereocenters. The number of carbonyl (C=O) groups is 12. The van der Waals surface area contributed by atoms with E-state index in [0.717, 1.165) is 5.70 Å². The Labute approximate surface area is 559 Å². The van der Waals surface area contributed by atoms with Gasteiger partial charge in [0.25, 0.3) is 20.2 Å². The first-order valence-electron chi connectivity index (χ1n) is 31.1. The lowest BCUT2D eigenvalue weighted by Gasteiger charge is -2.27. The van der Waals surface area contributed by atoms with Gasteiger partial charge in [-0.05, 0) is 124 Å². The smallest absolute Gasteiger partial charge is 0.303 e. The number of aliphatic carboxylic acids is 5. The van der Waals surface area contributed by atoms with Gasteiger partial charge in [-0.1, -0.05) is 59.3 Å². The maximum atomic E-state index is 13.9. The van der Waals surface area contributed by atoms with Gasteiger partial charge in [0.1, 0.15) is 30.2 Å². The van der Waals surface area contributed by atoms with Crippen LogP contribution in [0.2, 0.25) is 0 Å². The fourth-order valence-corrected chi connectivity index (χ4v) is 11.7. The molecule has 0 fully saturated rings. The van der Waals surface area contributed by atoms with E-state index in [1.165, 1.54) is 37.3 Å². The predicted octanol–water partition coefficient (Wildman–Crippen LogP) is 3.05. The van der Waals surface area contributed by atoms with E-state index in [0.29, 0.717) is 54.0 Å². The Morgan fingerprint density at radius 1 is 0.515 bits per heavy atom. The average Bonchev–Trinajstić information content (AvgIpc) is 1.60. The molecule has 2 heterocycles. The lowest BCUT2D eigenvalue weighted by molar-refractivity contribution is -0.141. The van der Waals surface area contributed by atoms with Gasteiger partial charge >= 0.3 is 29.8 Å². The normalized spacial score (nSPS) is 16.1. The number of nitrogens with one attached hydrogen (secondary N) is 6. The first-order chi connectivity index (χ1) is 45.2. The van der Waals surface area contributed by atoms with Gasteiger partial charge in [0.2, 0.25) is 41.4 Å². The third kappa shape index (κ3) is 24.9. The number of primary amides is 1. The summed E-state index contributed by atoms with van der Waals surface area (Å²) in [5.74, 6) is -15.1. The first kappa shape index (κ1) is 80.0. The summed E-state index contributed by atoms with van der Waals surface area (Å²) in [5, 5.41) is 60.9. The number of allylic oxidation sites excluding steroid dienone is 6. The van der Waals surface area contributed by atoms with Crippen LogP contribution in [0.5, 0.6) is 0 Å². The van der Waals surface area contributed by atoms with E-state index < -0.39 is 190 Å². The third-order valence-corrected chi connectivity index (χ3v) is 18.0. The summed E-state index contributed by atoms with van der Waals surface area (Å²) in [7, 11) is -8.98. The van der Waals surface area contributed by atoms with Crippen LogP contribution in [0.3, 0.4) is 0 Å². The maximum absolute atomic E-state index is 13.9. The minimum atomic E-state index is -4.54. The zero-order valence-corrected chi connectivity index (χ0v) is 55.8. The summed E-state index contributed by atoms with van der Waals surface area (Å²) < 4.78 is 67.6. The van der Waals surface area contributed by atoms with Crippen LogP contribution in [0.15, 0.2) is 87.3 Å². The molecule has 32 nitrogen and oxygen atoms in total. The molecule has 2 aromatic rings. The highest BCUT2D eigenvalue weighted by Crippen LogP contribution is 2.49. The van der Waals surface area contributed by atoms with E-state index in [1.54, 1.807) is 30.4 Å². The van der Waals surface area contributed by atoms with Crippen molar-refractivity contribution in [2.24, 2.45) is 16.6 Å². The molecule has 0 aromatic heterocycles. The second kappa shape index (κ2) is 36.1.